The fraction of sp³-hybridized carbons (Fsp3) is 0.556. The van der Waals surface area contributed by atoms with Crippen LogP contribution < -0.4 is 5.32 Å². The van der Waals surface area contributed by atoms with Crippen LogP contribution in [-0.2, 0) is 11.3 Å². The van der Waals surface area contributed by atoms with Gasteiger partial charge in [0.15, 0.2) is 0 Å². The lowest BCUT2D eigenvalue weighted by Gasteiger charge is -2.01. The number of carbonyl (C=O) groups is 1. The van der Waals surface area contributed by atoms with Gasteiger partial charge < -0.3 is 9.88 Å². The van der Waals surface area contributed by atoms with E-state index in [-0.39, 0.29) is 5.91 Å². The van der Waals surface area contributed by atoms with Crippen molar-refractivity contribution < 1.29 is 4.79 Å². The maximum Gasteiger partial charge on any atom is 0.219 e. The molecule has 1 heterocycles. The molecular formula is C9H14N3O. The van der Waals surface area contributed by atoms with Crippen molar-refractivity contribution in [1.82, 2.24) is 14.9 Å². The molecule has 0 bridgehead atoms. The standard InChI is InChI=1S/C9H14N3O/c1-10-9(13)4-2-3-6-12-7-5-11-8-12/h7-8H,2-4,6H2,1H3,(H,10,13). The van der Waals surface area contributed by atoms with E-state index in [1.807, 2.05) is 4.57 Å². The van der Waals surface area contributed by atoms with E-state index in [0.717, 1.165) is 19.4 Å². The topological polar surface area (TPSA) is 46.9 Å². The maximum atomic E-state index is 10.8. The number of hydrogen-bond acceptors (Lipinski definition) is 2. The van der Waals surface area contributed by atoms with Crippen LogP contribution in [0.15, 0.2) is 12.5 Å². The third-order valence-electron chi connectivity index (χ3n) is 1.85. The van der Waals surface area contributed by atoms with Gasteiger partial charge in [-0.25, -0.2) is 4.98 Å². The number of imidazole rings is 1. The van der Waals surface area contributed by atoms with E-state index in [9.17, 15) is 4.79 Å². The summed E-state index contributed by atoms with van der Waals surface area (Å²) in [6, 6.07) is 0. The summed E-state index contributed by atoms with van der Waals surface area (Å²) in [5, 5.41) is 2.59. The minimum atomic E-state index is 0.109. The van der Waals surface area contributed by atoms with Crippen molar-refractivity contribution in [1.29, 1.82) is 0 Å². The van der Waals surface area contributed by atoms with E-state index in [2.05, 4.69) is 16.5 Å². The Balaban J connectivity index is 2.05. The second kappa shape index (κ2) is 5.35. The molecule has 1 aromatic rings. The van der Waals surface area contributed by atoms with Crippen LogP contribution in [-0.4, -0.2) is 22.5 Å². The average molecular weight is 180 g/mol. The zero-order chi connectivity index (χ0) is 9.52. The number of hydrogen-bond donors (Lipinski definition) is 1. The second-order valence-corrected chi connectivity index (χ2v) is 2.87. The van der Waals surface area contributed by atoms with E-state index in [1.54, 1.807) is 19.6 Å². The van der Waals surface area contributed by atoms with Crippen LogP contribution in [0.2, 0.25) is 0 Å². The van der Waals surface area contributed by atoms with E-state index in [1.165, 1.54) is 0 Å². The van der Waals surface area contributed by atoms with Crippen LogP contribution in [0.25, 0.3) is 0 Å². The summed E-state index contributed by atoms with van der Waals surface area (Å²) in [7, 11) is 1.66. The molecule has 0 aromatic carbocycles. The van der Waals surface area contributed by atoms with Gasteiger partial charge in [-0.05, 0) is 12.8 Å². The van der Waals surface area contributed by atoms with Crippen molar-refractivity contribution in [3.8, 4) is 0 Å². The van der Waals surface area contributed by atoms with Crippen LogP contribution in [0.3, 0.4) is 0 Å². The molecule has 1 N–H and O–H groups in total. The van der Waals surface area contributed by atoms with Crippen molar-refractivity contribution in [2.45, 2.75) is 25.8 Å². The summed E-state index contributed by atoms with van der Waals surface area (Å²) in [4.78, 5) is 14.6. The van der Waals surface area contributed by atoms with Crippen molar-refractivity contribution in [3.05, 3.63) is 18.7 Å². The molecule has 1 rings (SSSR count). The monoisotopic (exact) mass is 180 g/mol. The third-order valence-corrected chi connectivity index (χ3v) is 1.85. The predicted octanol–water partition coefficient (Wildman–Crippen LogP) is 0.600. The molecular weight excluding hydrogens is 166 g/mol. The molecule has 0 aliphatic heterocycles. The summed E-state index contributed by atoms with van der Waals surface area (Å²) in [5.41, 5.74) is 0. The number of amides is 1. The second-order valence-electron chi connectivity index (χ2n) is 2.87. The number of carbonyl (C=O) groups excluding carboxylic acids is 1. The third kappa shape index (κ3) is 3.73. The summed E-state index contributed by atoms with van der Waals surface area (Å²) in [5.74, 6) is 0.109. The van der Waals surface area contributed by atoms with Crippen LogP contribution in [0, 0.1) is 6.20 Å². The first kappa shape index (κ1) is 9.77. The molecule has 1 radical (unpaired) electrons. The molecule has 4 heteroatoms. The van der Waals surface area contributed by atoms with Gasteiger partial charge in [0.05, 0.1) is 6.33 Å². The Labute approximate surface area is 78.0 Å². The average Bonchev–Trinajstić information content (AvgIpc) is 2.64. The molecule has 0 atom stereocenters. The predicted molar refractivity (Wildman–Crippen MR) is 49.0 cm³/mol. The summed E-state index contributed by atoms with van der Waals surface area (Å²) in [6.45, 7) is 0.910. The molecule has 0 unspecified atom stereocenters. The minimum absolute atomic E-state index is 0.109. The van der Waals surface area contributed by atoms with Gasteiger partial charge >= 0.3 is 0 Å². The molecule has 0 saturated carbocycles. The van der Waals surface area contributed by atoms with E-state index in [0.29, 0.717) is 6.42 Å². The first-order valence-electron chi connectivity index (χ1n) is 4.41. The highest BCUT2D eigenvalue weighted by Crippen LogP contribution is 1.98. The molecule has 0 fully saturated rings. The Morgan fingerprint density at radius 1 is 1.62 bits per heavy atom. The highest BCUT2D eigenvalue weighted by Gasteiger charge is 1.97. The van der Waals surface area contributed by atoms with Crippen molar-refractivity contribution >= 4 is 5.91 Å². The van der Waals surface area contributed by atoms with Gasteiger partial charge in [0.1, 0.15) is 6.20 Å². The Kier molecular flexibility index (Phi) is 4.02. The number of nitrogens with one attached hydrogen (secondary N) is 1. The Bertz CT molecular complexity index is 243. The molecule has 71 valence electrons. The van der Waals surface area contributed by atoms with Crippen LogP contribution in [0.5, 0.6) is 0 Å². The lowest BCUT2D eigenvalue weighted by atomic mass is 10.2. The lowest BCUT2D eigenvalue weighted by Crippen LogP contribution is -2.17. The van der Waals surface area contributed by atoms with Gasteiger partial charge in [-0.2, -0.15) is 0 Å². The van der Waals surface area contributed by atoms with Gasteiger partial charge in [-0.1, -0.05) is 0 Å². The van der Waals surface area contributed by atoms with Crippen LogP contribution in [0.1, 0.15) is 19.3 Å². The molecule has 0 aliphatic carbocycles. The first-order valence-corrected chi connectivity index (χ1v) is 4.41. The Morgan fingerprint density at radius 2 is 2.46 bits per heavy atom. The highest BCUT2D eigenvalue weighted by molar-refractivity contribution is 5.75. The number of aryl methyl sites for hydroxylation is 1. The Hall–Kier alpha value is -1.32. The number of aromatic nitrogens is 2. The molecule has 1 amide bonds. The quantitative estimate of drug-likeness (QED) is 0.674. The molecule has 0 aliphatic rings. The highest BCUT2D eigenvalue weighted by atomic mass is 16.1. The van der Waals surface area contributed by atoms with Crippen molar-refractivity contribution in [3.63, 3.8) is 0 Å². The van der Waals surface area contributed by atoms with Gasteiger partial charge in [-0.3, -0.25) is 4.79 Å². The van der Waals surface area contributed by atoms with Gasteiger partial charge in [0, 0.05) is 26.2 Å². The number of rotatable bonds is 5. The van der Waals surface area contributed by atoms with Gasteiger partial charge in [-0.15, -0.1) is 0 Å². The summed E-state index contributed by atoms with van der Waals surface area (Å²) >= 11 is 0. The fourth-order valence-electron chi connectivity index (χ4n) is 1.08. The van der Waals surface area contributed by atoms with Crippen molar-refractivity contribution in [2.75, 3.05) is 7.05 Å². The maximum absolute atomic E-state index is 10.8. The minimum Gasteiger partial charge on any atom is -0.359 e. The van der Waals surface area contributed by atoms with Crippen molar-refractivity contribution in [2.24, 2.45) is 0 Å². The molecule has 0 spiro atoms. The Morgan fingerprint density at radius 3 is 3.08 bits per heavy atom. The zero-order valence-electron chi connectivity index (χ0n) is 7.79. The summed E-state index contributed by atoms with van der Waals surface area (Å²) in [6.07, 6.45) is 8.78. The van der Waals surface area contributed by atoms with Crippen LogP contribution >= 0.6 is 0 Å². The molecule has 13 heavy (non-hydrogen) atoms. The SMILES string of the molecule is CNC(=O)CCCCn1c[c]nc1. The lowest BCUT2D eigenvalue weighted by molar-refractivity contribution is -0.120. The smallest absolute Gasteiger partial charge is 0.219 e. The van der Waals surface area contributed by atoms with Gasteiger partial charge in [0.25, 0.3) is 0 Å². The van der Waals surface area contributed by atoms with E-state index >= 15 is 0 Å². The van der Waals surface area contributed by atoms with E-state index < -0.39 is 0 Å². The first-order chi connectivity index (χ1) is 6.33. The zero-order valence-corrected chi connectivity index (χ0v) is 7.79. The van der Waals surface area contributed by atoms with E-state index in [4.69, 9.17) is 0 Å². The number of nitrogens with zero attached hydrogens (tertiary/aromatic N) is 2. The van der Waals surface area contributed by atoms with Gasteiger partial charge in [0.2, 0.25) is 5.91 Å². The van der Waals surface area contributed by atoms with Crippen LogP contribution in [0.4, 0.5) is 0 Å². The molecule has 4 nitrogen and oxygen atoms in total. The normalized spacial score (nSPS) is 9.92. The largest absolute Gasteiger partial charge is 0.359 e. The molecule has 0 saturated heterocycles. The summed E-state index contributed by atoms with van der Waals surface area (Å²) < 4.78 is 1.96. The molecule has 1 aromatic heterocycles. The fourth-order valence-corrected chi connectivity index (χ4v) is 1.08. The number of unbranched alkanes of at least 4 members (excludes halogenated alkanes) is 1.